The van der Waals surface area contributed by atoms with Gasteiger partial charge in [0.25, 0.3) is 0 Å². The number of ether oxygens (including phenoxy) is 3. The molecule has 1 saturated carbocycles. The largest absolute Gasteiger partial charge is 0.489 e. The number of rotatable bonds is 10. The summed E-state index contributed by atoms with van der Waals surface area (Å²) in [6.07, 6.45) is 1.39. The van der Waals surface area contributed by atoms with E-state index in [2.05, 4.69) is 22.8 Å². The molecule has 2 heterocycles. The van der Waals surface area contributed by atoms with Crippen molar-refractivity contribution in [2.24, 2.45) is 0 Å². The Morgan fingerprint density at radius 3 is 1.64 bits per heavy atom. The summed E-state index contributed by atoms with van der Waals surface area (Å²) >= 11 is 0. The van der Waals surface area contributed by atoms with E-state index < -0.39 is 35.5 Å². The van der Waals surface area contributed by atoms with Gasteiger partial charge in [-0.15, -0.1) is 0 Å². The highest BCUT2D eigenvalue weighted by molar-refractivity contribution is 6.00. The smallest absolute Gasteiger partial charge is 0.410 e. The summed E-state index contributed by atoms with van der Waals surface area (Å²) in [6.45, 7) is 12.1. The molecule has 13 nitrogen and oxygen atoms in total. The first kappa shape index (κ1) is 42.9. The molecule has 4 aromatic carbocycles. The minimum Gasteiger partial charge on any atom is -0.489 e. The average Bonchev–Trinajstić information content (AvgIpc) is 3.49. The van der Waals surface area contributed by atoms with Gasteiger partial charge in [-0.3, -0.25) is 19.4 Å². The normalized spacial score (nSPS) is 21.1. The van der Waals surface area contributed by atoms with Crippen LogP contribution in [0.2, 0.25) is 0 Å². The Labute approximate surface area is 358 Å². The Morgan fingerprint density at radius 2 is 1.10 bits per heavy atom. The average molecular weight is 831 g/mol. The van der Waals surface area contributed by atoms with Gasteiger partial charge in [0.2, 0.25) is 11.8 Å². The number of benzene rings is 4. The fourth-order valence-corrected chi connectivity index (χ4v) is 8.46. The van der Waals surface area contributed by atoms with Crippen molar-refractivity contribution in [2.45, 2.75) is 115 Å². The van der Waals surface area contributed by atoms with E-state index in [9.17, 15) is 19.2 Å². The van der Waals surface area contributed by atoms with Gasteiger partial charge in [-0.05, 0) is 144 Å². The summed E-state index contributed by atoms with van der Waals surface area (Å²) in [5.41, 5.74) is 17.6. The van der Waals surface area contributed by atoms with Crippen LogP contribution in [0.4, 0.5) is 32.3 Å². The summed E-state index contributed by atoms with van der Waals surface area (Å²) < 4.78 is 17.3. The van der Waals surface area contributed by atoms with Crippen LogP contribution in [0.3, 0.4) is 0 Å². The minimum absolute atomic E-state index is 0.00898. The predicted molar refractivity (Wildman–Crippen MR) is 236 cm³/mol. The molecule has 2 aliphatic heterocycles. The van der Waals surface area contributed by atoms with Crippen LogP contribution in [0.15, 0.2) is 91.0 Å². The fourth-order valence-electron chi connectivity index (χ4n) is 8.46. The Hall–Kier alpha value is -6.24. The van der Waals surface area contributed by atoms with E-state index in [0.29, 0.717) is 68.1 Å². The van der Waals surface area contributed by atoms with Crippen molar-refractivity contribution in [2.75, 3.05) is 35.2 Å². The second-order valence-electron chi connectivity index (χ2n) is 18.3. The van der Waals surface area contributed by atoms with Crippen LogP contribution in [-0.2, 0) is 25.7 Å². The van der Waals surface area contributed by atoms with E-state index in [0.717, 1.165) is 28.0 Å². The molecule has 3 fully saturated rings. The maximum atomic E-state index is 13.7. The molecule has 4 amide bonds. The number of nitrogens with zero attached hydrogens (tertiary/aromatic N) is 2. The number of hydrogen-bond donors (Lipinski definition) is 4. The summed E-state index contributed by atoms with van der Waals surface area (Å²) in [4.78, 5) is 56.1. The second-order valence-corrected chi connectivity index (χ2v) is 18.3. The molecule has 3 aliphatic rings. The zero-order valence-electron chi connectivity index (χ0n) is 35.9. The van der Waals surface area contributed by atoms with Gasteiger partial charge in [0, 0.05) is 13.1 Å². The Kier molecular flexibility index (Phi) is 12.2. The molecule has 13 heteroatoms. The van der Waals surface area contributed by atoms with Gasteiger partial charge in [-0.1, -0.05) is 54.6 Å². The third kappa shape index (κ3) is 10.2. The van der Waals surface area contributed by atoms with Crippen LogP contribution in [0.5, 0.6) is 5.75 Å². The molecular weight excluding hydrogens is 773 g/mol. The molecule has 0 spiro atoms. The molecular formula is C48H58N6O7. The number of anilines is 4. The minimum atomic E-state index is -0.689. The van der Waals surface area contributed by atoms with E-state index >= 15 is 0 Å². The topological polar surface area (TPSA) is 179 Å². The molecule has 0 radical (unpaired) electrons. The third-order valence-electron chi connectivity index (χ3n) is 11.3. The van der Waals surface area contributed by atoms with Crippen LogP contribution in [0.1, 0.15) is 107 Å². The maximum absolute atomic E-state index is 13.7. The Balaban J connectivity index is 1.12. The number of nitrogens with two attached hydrogens (primary N) is 2. The number of hydrogen-bond acceptors (Lipinski definition) is 9. The van der Waals surface area contributed by atoms with Crippen molar-refractivity contribution in [3.63, 3.8) is 0 Å². The monoisotopic (exact) mass is 830 g/mol. The highest BCUT2D eigenvalue weighted by Crippen LogP contribution is 2.66. The molecule has 4 aromatic rings. The number of carbonyl (C=O) groups is 4. The lowest BCUT2D eigenvalue weighted by molar-refractivity contribution is -0.121. The van der Waals surface area contributed by atoms with Gasteiger partial charge in [-0.2, -0.15) is 0 Å². The van der Waals surface area contributed by atoms with E-state index in [1.807, 2.05) is 72.8 Å². The molecule has 6 N–H and O–H groups in total. The SMILES string of the molecule is CC(C)(C)OC(=O)N1CCC[C@H]1C(=O)Nc1ccc(C2C(c3ccc(OCc4ccccc4)cc3)C2c2ccc(N)c(NC(=O)[C@@H]3CCCN3C(=O)OC(C)(C)C)c2)cc1N. The van der Waals surface area contributed by atoms with Gasteiger partial charge in [-0.25, -0.2) is 9.59 Å². The van der Waals surface area contributed by atoms with Crippen LogP contribution in [0, 0.1) is 0 Å². The van der Waals surface area contributed by atoms with Gasteiger partial charge >= 0.3 is 12.2 Å². The van der Waals surface area contributed by atoms with E-state index in [4.69, 9.17) is 25.7 Å². The summed E-state index contributed by atoms with van der Waals surface area (Å²) in [6, 6.07) is 28.2. The lowest BCUT2D eigenvalue weighted by atomic mass is 10.0. The van der Waals surface area contributed by atoms with Crippen molar-refractivity contribution in [1.82, 2.24) is 9.80 Å². The quantitative estimate of drug-likeness (QED) is 0.114. The third-order valence-corrected chi connectivity index (χ3v) is 11.3. The first-order valence-electron chi connectivity index (χ1n) is 21.1. The molecule has 2 saturated heterocycles. The summed E-state index contributed by atoms with van der Waals surface area (Å²) in [7, 11) is 0. The van der Waals surface area contributed by atoms with Crippen molar-refractivity contribution < 1.29 is 33.4 Å². The first-order valence-corrected chi connectivity index (χ1v) is 21.1. The van der Waals surface area contributed by atoms with Crippen LogP contribution >= 0.6 is 0 Å². The lowest BCUT2D eigenvalue weighted by Crippen LogP contribution is -2.45. The zero-order chi connectivity index (χ0) is 43.6. The van der Waals surface area contributed by atoms with Crippen LogP contribution in [-0.4, -0.2) is 70.2 Å². The maximum Gasteiger partial charge on any atom is 0.410 e. The number of nitrogens with one attached hydrogen (secondary N) is 2. The van der Waals surface area contributed by atoms with Crippen molar-refractivity contribution in [3.8, 4) is 5.75 Å². The van der Waals surface area contributed by atoms with Crippen molar-refractivity contribution >= 4 is 46.8 Å². The summed E-state index contributed by atoms with van der Waals surface area (Å²) in [5, 5.41) is 5.99. The van der Waals surface area contributed by atoms with Gasteiger partial charge in [0.15, 0.2) is 0 Å². The Morgan fingerprint density at radius 1 is 0.607 bits per heavy atom. The zero-order valence-corrected chi connectivity index (χ0v) is 35.9. The van der Waals surface area contributed by atoms with Gasteiger partial charge in [0.05, 0.1) is 22.7 Å². The first-order chi connectivity index (χ1) is 29.0. The molecule has 0 bridgehead atoms. The standard InChI is InChI=1S/C48H58N6O7/c1-47(2,3)60-45(57)53-24-10-14-38(53)43(55)51-36-23-19-31(26-35(36)50)41-40(30-16-20-33(21-17-30)59-28-29-12-8-7-9-13-29)42(41)32-18-22-34(49)37(27-32)52-44(56)39-15-11-25-54(39)46(58)61-48(4,5)6/h7-9,12-13,16-23,26-27,38-42H,10-11,14-15,24-25,28,49-50H2,1-6H3,(H,51,55)(H,52,56)/t38-,39-,40?,41?,42?/m0/s1. The van der Waals surface area contributed by atoms with E-state index in [1.165, 1.54) is 9.80 Å². The molecule has 5 atom stereocenters. The lowest BCUT2D eigenvalue weighted by Gasteiger charge is -2.28. The van der Waals surface area contributed by atoms with Crippen LogP contribution < -0.4 is 26.8 Å². The van der Waals surface area contributed by atoms with E-state index in [-0.39, 0.29) is 29.6 Å². The number of nitrogen functional groups attached to an aromatic ring is 2. The molecule has 322 valence electrons. The Bertz CT molecular complexity index is 2250. The van der Waals surface area contributed by atoms with Crippen LogP contribution in [0.25, 0.3) is 0 Å². The predicted octanol–water partition coefficient (Wildman–Crippen LogP) is 8.77. The van der Waals surface area contributed by atoms with Gasteiger partial charge in [0.1, 0.15) is 35.6 Å². The number of amides is 4. The highest BCUT2D eigenvalue weighted by atomic mass is 16.6. The van der Waals surface area contributed by atoms with E-state index in [1.54, 1.807) is 47.6 Å². The molecule has 61 heavy (non-hydrogen) atoms. The molecule has 0 aromatic heterocycles. The molecule has 1 aliphatic carbocycles. The molecule has 3 unspecified atom stereocenters. The van der Waals surface area contributed by atoms with Gasteiger partial charge < -0.3 is 36.3 Å². The summed E-state index contributed by atoms with van der Waals surface area (Å²) in [5.74, 6) is 0.127. The number of carbonyl (C=O) groups excluding carboxylic acids is 4. The van der Waals surface area contributed by atoms with Crippen molar-refractivity contribution in [3.05, 3.63) is 113 Å². The number of likely N-dealkylation sites (tertiary alicyclic amines) is 2. The fraction of sp³-hybridized carbons (Fsp3) is 0.417. The second kappa shape index (κ2) is 17.4. The van der Waals surface area contributed by atoms with Crippen molar-refractivity contribution in [1.29, 1.82) is 0 Å². The highest BCUT2D eigenvalue weighted by Gasteiger charge is 2.53. The molecule has 7 rings (SSSR count).